The number of aromatic nitrogens is 2. The number of ether oxygens (including phenoxy) is 2. The van der Waals surface area contributed by atoms with Crippen molar-refractivity contribution in [2.45, 2.75) is 19.3 Å². The van der Waals surface area contributed by atoms with Gasteiger partial charge in [0, 0.05) is 0 Å². The molecule has 0 saturated carbocycles. The van der Waals surface area contributed by atoms with Crippen LogP contribution in [0.1, 0.15) is 5.56 Å². The summed E-state index contributed by atoms with van der Waals surface area (Å²) in [6, 6.07) is 25.3. The van der Waals surface area contributed by atoms with Gasteiger partial charge in [-0.05, 0) is 42.0 Å². The van der Waals surface area contributed by atoms with Crippen LogP contribution < -0.4 is 9.47 Å². The van der Waals surface area contributed by atoms with Gasteiger partial charge in [-0.15, -0.1) is 0 Å². The number of aliphatic hydroxyl groups is 1. The zero-order valence-electron chi connectivity index (χ0n) is 15.4. The van der Waals surface area contributed by atoms with E-state index in [1.54, 1.807) is 6.33 Å². The van der Waals surface area contributed by atoms with Crippen LogP contribution in [-0.2, 0) is 13.2 Å². The van der Waals surface area contributed by atoms with Crippen molar-refractivity contribution in [3.63, 3.8) is 0 Å². The molecule has 0 unspecified atom stereocenters. The van der Waals surface area contributed by atoms with Crippen LogP contribution in [0.4, 0.5) is 0 Å². The van der Waals surface area contributed by atoms with Crippen molar-refractivity contribution in [1.82, 2.24) is 9.55 Å². The Balaban J connectivity index is 1.27. The number of aliphatic hydroxyl groups excluding tert-OH is 1. The number of hydrogen-bond acceptors (Lipinski definition) is 4. The van der Waals surface area contributed by atoms with Crippen LogP contribution in [0.3, 0.4) is 0 Å². The third-order valence-corrected chi connectivity index (χ3v) is 4.45. The Morgan fingerprint density at radius 2 is 1.50 bits per heavy atom. The van der Waals surface area contributed by atoms with Crippen molar-refractivity contribution in [1.29, 1.82) is 0 Å². The van der Waals surface area contributed by atoms with Gasteiger partial charge >= 0.3 is 0 Å². The number of hydrogen-bond donors (Lipinski definition) is 1. The monoisotopic (exact) mass is 374 g/mol. The molecule has 0 spiro atoms. The number of fused-ring (bicyclic) bond motifs is 1. The molecular formula is C23H22N2O3. The number of rotatable bonds is 8. The fourth-order valence-electron chi connectivity index (χ4n) is 3.00. The highest BCUT2D eigenvalue weighted by Gasteiger charge is 2.09. The Morgan fingerprint density at radius 3 is 2.29 bits per heavy atom. The average Bonchev–Trinajstić information content (AvgIpc) is 3.15. The molecule has 0 bridgehead atoms. The van der Waals surface area contributed by atoms with Crippen LogP contribution in [0, 0.1) is 0 Å². The molecule has 1 atom stereocenters. The average molecular weight is 374 g/mol. The molecule has 28 heavy (non-hydrogen) atoms. The van der Waals surface area contributed by atoms with Gasteiger partial charge in [0.2, 0.25) is 0 Å². The van der Waals surface area contributed by atoms with Crippen LogP contribution in [-0.4, -0.2) is 27.4 Å². The lowest BCUT2D eigenvalue weighted by molar-refractivity contribution is 0.0934. The summed E-state index contributed by atoms with van der Waals surface area (Å²) in [5.74, 6) is 1.48. The lowest BCUT2D eigenvalue weighted by Crippen LogP contribution is -2.23. The van der Waals surface area contributed by atoms with Crippen LogP contribution in [0.2, 0.25) is 0 Å². The third-order valence-electron chi connectivity index (χ3n) is 4.45. The van der Waals surface area contributed by atoms with Crippen LogP contribution >= 0.6 is 0 Å². The molecular weight excluding hydrogens is 352 g/mol. The summed E-state index contributed by atoms with van der Waals surface area (Å²) in [4.78, 5) is 4.34. The molecule has 4 rings (SSSR count). The highest BCUT2D eigenvalue weighted by Crippen LogP contribution is 2.19. The van der Waals surface area contributed by atoms with Gasteiger partial charge in [-0.2, -0.15) is 0 Å². The van der Waals surface area contributed by atoms with Crippen LogP contribution in [0.25, 0.3) is 11.0 Å². The van der Waals surface area contributed by atoms with E-state index in [0.29, 0.717) is 18.9 Å². The van der Waals surface area contributed by atoms with E-state index >= 15 is 0 Å². The van der Waals surface area contributed by atoms with E-state index in [1.165, 1.54) is 0 Å². The van der Waals surface area contributed by atoms with Gasteiger partial charge in [-0.3, -0.25) is 0 Å². The molecule has 3 aromatic carbocycles. The Hall–Kier alpha value is -3.31. The standard InChI is InChI=1S/C23H22N2O3/c26-19(14-25-17-24-22-8-4-5-9-23(22)25)16-28-21-12-10-20(11-13-21)27-15-18-6-2-1-3-7-18/h1-13,17,19,26H,14-16H2/t19-/m1/s1. The maximum atomic E-state index is 10.3. The maximum absolute atomic E-state index is 10.3. The van der Waals surface area contributed by atoms with E-state index < -0.39 is 6.10 Å². The molecule has 0 amide bonds. The molecule has 0 aliphatic heterocycles. The van der Waals surface area contributed by atoms with Crippen molar-refractivity contribution in [3.05, 3.63) is 90.8 Å². The zero-order valence-corrected chi connectivity index (χ0v) is 15.4. The largest absolute Gasteiger partial charge is 0.491 e. The molecule has 5 nitrogen and oxygen atoms in total. The first-order chi connectivity index (χ1) is 13.8. The van der Waals surface area contributed by atoms with Gasteiger partial charge in [0.1, 0.15) is 30.8 Å². The van der Waals surface area contributed by atoms with Crippen molar-refractivity contribution in [3.8, 4) is 11.5 Å². The van der Waals surface area contributed by atoms with Crippen molar-refractivity contribution in [2.75, 3.05) is 6.61 Å². The SMILES string of the molecule is O[C@@H](COc1ccc(OCc2ccccc2)cc1)Cn1cnc2ccccc21. The van der Waals surface area contributed by atoms with Gasteiger partial charge in [0.15, 0.2) is 0 Å². The summed E-state index contributed by atoms with van der Waals surface area (Å²) < 4.78 is 13.4. The fraction of sp³-hybridized carbons (Fsp3) is 0.174. The van der Waals surface area contributed by atoms with Gasteiger partial charge in [0.05, 0.1) is 23.9 Å². The van der Waals surface area contributed by atoms with E-state index in [2.05, 4.69) is 4.98 Å². The highest BCUT2D eigenvalue weighted by molar-refractivity contribution is 5.74. The molecule has 0 aliphatic carbocycles. The van der Waals surface area contributed by atoms with Crippen molar-refractivity contribution >= 4 is 11.0 Å². The summed E-state index contributed by atoms with van der Waals surface area (Å²) in [7, 11) is 0. The first-order valence-electron chi connectivity index (χ1n) is 9.25. The summed E-state index contributed by atoms with van der Waals surface area (Å²) in [5.41, 5.74) is 3.04. The minimum atomic E-state index is -0.633. The summed E-state index contributed by atoms with van der Waals surface area (Å²) in [6.07, 6.45) is 1.11. The first kappa shape index (κ1) is 18.1. The van der Waals surface area contributed by atoms with E-state index in [9.17, 15) is 5.11 Å². The normalized spacial score (nSPS) is 12.0. The van der Waals surface area contributed by atoms with E-state index in [0.717, 1.165) is 22.3 Å². The minimum absolute atomic E-state index is 0.205. The smallest absolute Gasteiger partial charge is 0.120 e. The molecule has 0 aliphatic rings. The molecule has 0 radical (unpaired) electrons. The molecule has 0 saturated heterocycles. The molecule has 5 heteroatoms. The number of para-hydroxylation sites is 2. The summed E-state index contributed by atoms with van der Waals surface area (Å²) >= 11 is 0. The second kappa shape index (κ2) is 8.59. The van der Waals surface area contributed by atoms with E-state index in [4.69, 9.17) is 9.47 Å². The Bertz CT molecular complexity index is 1010. The predicted octanol–water partition coefficient (Wildman–Crippen LogP) is 4.06. The number of nitrogens with zero attached hydrogens (tertiary/aromatic N) is 2. The molecule has 1 heterocycles. The van der Waals surface area contributed by atoms with E-state index in [1.807, 2.05) is 83.4 Å². The molecule has 1 aromatic heterocycles. The summed E-state index contributed by atoms with van der Waals surface area (Å²) in [6.45, 7) is 1.16. The number of benzene rings is 3. The third kappa shape index (κ3) is 4.50. The fourth-order valence-corrected chi connectivity index (χ4v) is 3.00. The second-order valence-corrected chi connectivity index (χ2v) is 6.60. The molecule has 4 aromatic rings. The predicted molar refractivity (Wildman–Crippen MR) is 108 cm³/mol. The zero-order chi connectivity index (χ0) is 19.2. The molecule has 1 N–H and O–H groups in total. The van der Waals surface area contributed by atoms with Gasteiger partial charge in [-0.25, -0.2) is 4.98 Å². The lowest BCUT2D eigenvalue weighted by Gasteiger charge is -2.14. The Kier molecular flexibility index (Phi) is 5.54. The quantitative estimate of drug-likeness (QED) is 0.505. The highest BCUT2D eigenvalue weighted by atomic mass is 16.5. The Labute approximate surface area is 163 Å². The molecule has 142 valence electrons. The van der Waals surface area contributed by atoms with Gasteiger partial charge < -0.3 is 19.1 Å². The maximum Gasteiger partial charge on any atom is 0.120 e. The second-order valence-electron chi connectivity index (χ2n) is 6.60. The summed E-state index contributed by atoms with van der Waals surface area (Å²) in [5, 5.41) is 10.3. The topological polar surface area (TPSA) is 56.5 Å². The van der Waals surface area contributed by atoms with E-state index in [-0.39, 0.29) is 6.61 Å². The molecule has 0 fully saturated rings. The number of imidazole rings is 1. The van der Waals surface area contributed by atoms with Gasteiger partial charge in [0.25, 0.3) is 0 Å². The van der Waals surface area contributed by atoms with Gasteiger partial charge in [-0.1, -0.05) is 42.5 Å². The van der Waals surface area contributed by atoms with Crippen molar-refractivity contribution in [2.24, 2.45) is 0 Å². The van der Waals surface area contributed by atoms with Crippen LogP contribution in [0.5, 0.6) is 11.5 Å². The Morgan fingerprint density at radius 1 is 0.821 bits per heavy atom. The first-order valence-corrected chi connectivity index (χ1v) is 9.25. The van der Waals surface area contributed by atoms with Crippen molar-refractivity contribution < 1.29 is 14.6 Å². The minimum Gasteiger partial charge on any atom is -0.491 e. The lowest BCUT2D eigenvalue weighted by atomic mass is 10.2. The van der Waals surface area contributed by atoms with Crippen LogP contribution in [0.15, 0.2) is 85.2 Å².